The summed E-state index contributed by atoms with van der Waals surface area (Å²) in [6.45, 7) is 2.11. The van der Waals surface area contributed by atoms with Crippen LogP contribution in [0.15, 0.2) is 60.7 Å². The van der Waals surface area contributed by atoms with Gasteiger partial charge in [-0.25, -0.2) is 0 Å². The number of rotatable bonds is 6. The third-order valence-corrected chi connectivity index (χ3v) is 6.36. The molecule has 2 aliphatic rings. The number of carbonyl (C=O) groups is 2. The molecule has 1 aliphatic heterocycles. The van der Waals surface area contributed by atoms with E-state index in [0.717, 1.165) is 43.4 Å². The van der Waals surface area contributed by atoms with Gasteiger partial charge in [0.15, 0.2) is 5.54 Å². The molecule has 1 saturated heterocycles. The molecule has 1 unspecified atom stereocenters. The van der Waals surface area contributed by atoms with E-state index in [1.165, 1.54) is 12.0 Å². The molecular weight excluding hydrogens is 372 g/mol. The summed E-state index contributed by atoms with van der Waals surface area (Å²) in [5, 5.41) is 3.26. The SMILES string of the molecule is CCc1ccc(N2C(=O)CC2(C=Cc2ccccc2)C(=O)NC2CCCCC2)cc1. The number of carbonyl (C=O) groups excluding carboxylic acids is 2. The van der Waals surface area contributed by atoms with Gasteiger partial charge in [0, 0.05) is 11.7 Å². The second kappa shape index (κ2) is 8.86. The van der Waals surface area contributed by atoms with Gasteiger partial charge in [-0.3, -0.25) is 14.5 Å². The molecule has 1 N–H and O–H groups in total. The molecule has 1 saturated carbocycles. The lowest BCUT2D eigenvalue weighted by atomic mass is 9.80. The lowest BCUT2D eigenvalue weighted by molar-refractivity contribution is -0.137. The summed E-state index contributed by atoms with van der Waals surface area (Å²) in [6.07, 6.45) is 10.6. The number of anilines is 1. The predicted octanol–water partition coefficient (Wildman–Crippen LogP) is 4.89. The lowest BCUT2D eigenvalue weighted by Crippen LogP contribution is -2.70. The van der Waals surface area contributed by atoms with E-state index in [4.69, 9.17) is 0 Å². The summed E-state index contributed by atoms with van der Waals surface area (Å²) >= 11 is 0. The molecular formula is C26H30N2O2. The van der Waals surface area contributed by atoms with Gasteiger partial charge in [-0.1, -0.05) is 74.7 Å². The molecule has 0 aromatic heterocycles. The quantitative estimate of drug-likeness (QED) is 0.700. The zero-order chi connectivity index (χ0) is 21.0. The van der Waals surface area contributed by atoms with E-state index in [1.54, 1.807) is 4.90 Å². The van der Waals surface area contributed by atoms with Gasteiger partial charge in [0.2, 0.25) is 5.91 Å². The minimum absolute atomic E-state index is 0.0178. The molecule has 4 rings (SSSR count). The Balaban J connectivity index is 1.66. The summed E-state index contributed by atoms with van der Waals surface area (Å²) in [5.74, 6) is -0.0866. The first-order valence-electron chi connectivity index (χ1n) is 11.1. The van der Waals surface area contributed by atoms with Crippen LogP contribution in [0, 0.1) is 0 Å². The van der Waals surface area contributed by atoms with Gasteiger partial charge in [-0.2, -0.15) is 0 Å². The van der Waals surface area contributed by atoms with Crippen molar-refractivity contribution in [2.24, 2.45) is 0 Å². The fourth-order valence-corrected chi connectivity index (χ4v) is 4.52. The van der Waals surface area contributed by atoms with Gasteiger partial charge in [0.25, 0.3) is 5.91 Å². The maximum atomic E-state index is 13.5. The van der Waals surface area contributed by atoms with Crippen LogP contribution in [0.25, 0.3) is 6.08 Å². The second-order valence-corrected chi connectivity index (χ2v) is 8.40. The van der Waals surface area contributed by atoms with Crippen molar-refractivity contribution >= 4 is 23.6 Å². The zero-order valence-corrected chi connectivity index (χ0v) is 17.6. The molecule has 0 spiro atoms. The average Bonchev–Trinajstić information content (AvgIpc) is 2.78. The van der Waals surface area contributed by atoms with Crippen LogP contribution in [-0.4, -0.2) is 23.4 Å². The fourth-order valence-electron chi connectivity index (χ4n) is 4.52. The Morgan fingerprint density at radius 2 is 1.77 bits per heavy atom. The smallest absolute Gasteiger partial charge is 0.251 e. The Hall–Kier alpha value is -2.88. The highest BCUT2D eigenvalue weighted by Crippen LogP contribution is 2.39. The topological polar surface area (TPSA) is 49.4 Å². The number of hydrogen-bond acceptors (Lipinski definition) is 2. The maximum Gasteiger partial charge on any atom is 0.251 e. The van der Waals surface area contributed by atoms with Crippen LogP contribution < -0.4 is 10.2 Å². The third kappa shape index (κ3) is 4.04. The monoisotopic (exact) mass is 402 g/mol. The number of aryl methyl sites for hydroxylation is 1. The van der Waals surface area contributed by atoms with Gasteiger partial charge in [0.1, 0.15) is 0 Å². The van der Waals surface area contributed by atoms with Gasteiger partial charge < -0.3 is 5.32 Å². The molecule has 2 aromatic carbocycles. The van der Waals surface area contributed by atoms with Gasteiger partial charge >= 0.3 is 0 Å². The van der Waals surface area contributed by atoms with Gasteiger partial charge in [0.05, 0.1) is 6.42 Å². The summed E-state index contributed by atoms with van der Waals surface area (Å²) in [7, 11) is 0. The summed E-state index contributed by atoms with van der Waals surface area (Å²) < 4.78 is 0. The van der Waals surface area contributed by atoms with Gasteiger partial charge in [-0.15, -0.1) is 0 Å². The molecule has 4 heteroatoms. The normalized spacial score (nSPS) is 22.2. The van der Waals surface area contributed by atoms with Crippen LogP contribution in [0.1, 0.15) is 56.6 Å². The van der Waals surface area contributed by atoms with Crippen LogP contribution in [0.3, 0.4) is 0 Å². The van der Waals surface area contributed by atoms with Crippen LogP contribution in [0.2, 0.25) is 0 Å². The van der Waals surface area contributed by atoms with Crippen molar-refractivity contribution in [1.29, 1.82) is 0 Å². The van der Waals surface area contributed by atoms with Crippen molar-refractivity contribution in [1.82, 2.24) is 5.32 Å². The fraction of sp³-hybridized carbons (Fsp3) is 0.385. The Labute approximate surface area is 179 Å². The first-order chi connectivity index (χ1) is 14.6. The van der Waals surface area contributed by atoms with E-state index >= 15 is 0 Å². The number of amides is 2. The summed E-state index contributed by atoms with van der Waals surface area (Å²) in [6, 6.07) is 18.1. The average molecular weight is 403 g/mol. The van der Waals surface area contributed by atoms with Crippen LogP contribution in [0.5, 0.6) is 0 Å². The van der Waals surface area contributed by atoms with Crippen molar-refractivity contribution in [3.05, 3.63) is 71.8 Å². The molecule has 1 aliphatic carbocycles. The first-order valence-corrected chi connectivity index (χ1v) is 11.1. The summed E-state index contributed by atoms with van der Waals surface area (Å²) in [4.78, 5) is 27.9. The van der Waals surface area contributed by atoms with Crippen molar-refractivity contribution < 1.29 is 9.59 Å². The summed E-state index contributed by atoms with van der Waals surface area (Å²) in [5.41, 5.74) is 2.03. The molecule has 2 fully saturated rings. The van der Waals surface area contributed by atoms with Crippen molar-refractivity contribution in [3.8, 4) is 0 Å². The van der Waals surface area contributed by atoms with Crippen LogP contribution in [0.4, 0.5) is 5.69 Å². The predicted molar refractivity (Wildman–Crippen MR) is 121 cm³/mol. The highest BCUT2D eigenvalue weighted by Gasteiger charge is 2.55. The van der Waals surface area contributed by atoms with E-state index in [9.17, 15) is 9.59 Å². The minimum Gasteiger partial charge on any atom is -0.351 e. The Morgan fingerprint density at radius 1 is 1.07 bits per heavy atom. The number of nitrogens with one attached hydrogen (secondary N) is 1. The number of hydrogen-bond donors (Lipinski definition) is 1. The highest BCUT2D eigenvalue weighted by molar-refractivity contribution is 6.15. The van der Waals surface area contributed by atoms with Crippen molar-refractivity contribution in [2.75, 3.05) is 4.90 Å². The van der Waals surface area contributed by atoms with Crippen molar-refractivity contribution in [3.63, 3.8) is 0 Å². The molecule has 0 bridgehead atoms. The molecule has 156 valence electrons. The molecule has 0 radical (unpaired) electrons. The Kier molecular flexibility index (Phi) is 6.03. The largest absolute Gasteiger partial charge is 0.351 e. The lowest BCUT2D eigenvalue weighted by Gasteiger charge is -2.49. The third-order valence-electron chi connectivity index (χ3n) is 6.36. The molecule has 2 amide bonds. The number of benzene rings is 2. The highest BCUT2D eigenvalue weighted by atomic mass is 16.2. The number of nitrogens with zero attached hydrogens (tertiary/aromatic N) is 1. The van der Waals surface area contributed by atoms with E-state index in [1.807, 2.05) is 66.7 Å². The molecule has 30 heavy (non-hydrogen) atoms. The minimum atomic E-state index is -0.974. The van der Waals surface area contributed by atoms with E-state index in [-0.39, 0.29) is 24.3 Å². The van der Waals surface area contributed by atoms with Crippen LogP contribution >= 0.6 is 0 Å². The first kappa shape index (κ1) is 20.4. The maximum absolute atomic E-state index is 13.5. The number of β-lactam (4-membered cyclic amide) rings is 1. The molecule has 4 nitrogen and oxygen atoms in total. The van der Waals surface area contributed by atoms with Gasteiger partial charge in [-0.05, 0) is 48.6 Å². The Morgan fingerprint density at radius 3 is 2.40 bits per heavy atom. The Bertz CT molecular complexity index is 914. The molecule has 1 atom stereocenters. The van der Waals surface area contributed by atoms with E-state index < -0.39 is 5.54 Å². The van der Waals surface area contributed by atoms with Crippen LogP contribution in [-0.2, 0) is 16.0 Å². The van der Waals surface area contributed by atoms with E-state index in [0.29, 0.717) is 0 Å². The zero-order valence-electron chi connectivity index (χ0n) is 17.6. The molecule has 1 heterocycles. The van der Waals surface area contributed by atoms with Crippen molar-refractivity contribution in [2.45, 2.75) is 63.5 Å². The second-order valence-electron chi connectivity index (χ2n) is 8.40. The standard InChI is InChI=1S/C26H30N2O2/c1-2-20-13-15-23(16-14-20)28-24(29)19-26(28,18-17-21-9-5-3-6-10-21)25(30)27-22-11-7-4-8-12-22/h3,5-6,9-10,13-18,22H,2,4,7-8,11-12,19H2,1H3,(H,27,30). The molecule has 2 aromatic rings. The van der Waals surface area contributed by atoms with E-state index in [2.05, 4.69) is 12.2 Å².